The Morgan fingerprint density at radius 3 is 1.26 bits per heavy atom. The first kappa shape index (κ1) is 87.6. The molecule has 28 nitrogen and oxygen atoms in total. The van der Waals surface area contributed by atoms with E-state index >= 15 is 0 Å². The molecule has 0 radical (unpaired) electrons. The highest BCUT2D eigenvalue weighted by Crippen LogP contribution is 2.40. The number of carboxylic acids is 1. The van der Waals surface area contributed by atoms with Gasteiger partial charge < -0.3 is 54.5 Å². The maximum Gasteiger partial charge on any atom is 0.344 e. The number of aromatic nitrogens is 4. The lowest BCUT2D eigenvalue weighted by Gasteiger charge is -2.44. The van der Waals surface area contributed by atoms with Gasteiger partial charge in [0.2, 0.25) is 18.1 Å². The Morgan fingerprint density at radius 2 is 0.871 bits per heavy atom. The molecule has 13 rings (SSSR count). The minimum Gasteiger partial charge on any atom is -0.479 e. The van der Waals surface area contributed by atoms with Crippen molar-refractivity contribution in [3.05, 3.63) is 219 Å². The predicted molar refractivity (Wildman–Crippen MR) is 460 cm³/mol. The zero-order valence-electron chi connectivity index (χ0n) is 66.0. The molecule has 6 heterocycles. The molecule has 33 heteroatoms. The highest BCUT2D eigenvalue weighted by molar-refractivity contribution is 9.11. The van der Waals surface area contributed by atoms with Crippen LogP contribution < -0.4 is 52.7 Å². The average molecular weight is 1800 g/mol. The monoisotopic (exact) mass is 1800 g/mol. The third-order valence-electron chi connectivity index (χ3n) is 18.8. The Bertz CT molecular complexity index is 5220. The van der Waals surface area contributed by atoms with Gasteiger partial charge in [0, 0.05) is 49.4 Å². The first-order valence-corrected chi connectivity index (χ1v) is 43.6. The van der Waals surface area contributed by atoms with Crippen LogP contribution in [0.15, 0.2) is 227 Å². The lowest BCUT2D eigenvalue weighted by molar-refractivity contribution is -0.167. The number of hydrogen-bond donors (Lipinski definition) is 6. The summed E-state index contributed by atoms with van der Waals surface area (Å²) in [4.78, 5) is 116. The number of benzene rings is 7. The number of ether oxygens (including phenoxy) is 3. The van der Waals surface area contributed by atoms with Crippen molar-refractivity contribution in [3.63, 3.8) is 0 Å². The van der Waals surface area contributed by atoms with E-state index in [0.717, 1.165) is 71.7 Å². The maximum absolute atomic E-state index is 13.6. The highest BCUT2D eigenvalue weighted by atomic mass is 79.9. The smallest absolute Gasteiger partial charge is 0.344 e. The van der Waals surface area contributed by atoms with Crippen molar-refractivity contribution in [3.8, 4) is 0 Å². The summed E-state index contributed by atoms with van der Waals surface area (Å²) in [5.74, 6) is -2.60. The summed E-state index contributed by atoms with van der Waals surface area (Å²) in [6, 6.07) is 51.2. The fraction of sp³-hybridized carbons (Fsp3) is 0.313. The second kappa shape index (κ2) is 39.3. The second-order valence-corrected chi connectivity index (χ2v) is 39.9. The van der Waals surface area contributed by atoms with Crippen molar-refractivity contribution in [1.82, 2.24) is 35.1 Å². The number of carboxylic acid groups (broad SMARTS) is 1. The van der Waals surface area contributed by atoms with Gasteiger partial charge >= 0.3 is 23.9 Å². The van der Waals surface area contributed by atoms with E-state index in [0.29, 0.717) is 69.5 Å². The van der Waals surface area contributed by atoms with Crippen LogP contribution >= 0.6 is 47.8 Å². The minimum atomic E-state index is -3.00. The number of carbonyl (C=O) groups excluding carboxylic acids is 5. The Hall–Kier alpha value is -10.7. The number of hydrogen-bond acceptors (Lipinski definition) is 25. The predicted octanol–water partition coefficient (Wildman–Crippen LogP) is 9.53. The number of guanidine groups is 3. The number of rotatable bonds is 20. The molecule has 116 heavy (non-hydrogen) atoms. The number of aliphatic hydroxyl groups is 1. The first-order chi connectivity index (χ1) is 55.3. The van der Waals surface area contributed by atoms with Crippen molar-refractivity contribution in [2.24, 2.45) is 25.0 Å². The van der Waals surface area contributed by atoms with E-state index in [-0.39, 0.29) is 16.0 Å². The molecule has 604 valence electrons. The fourth-order valence-corrected chi connectivity index (χ4v) is 23.9. The number of aliphatic carboxylic acids is 1. The molecule has 0 fully saturated rings. The molecular formula is C83H91Br3N15O13Si2+. The zero-order chi connectivity index (χ0) is 83.7. The van der Waals surface area contributed by atoms with Gasteiger partial charge in [-0.2, -0.15) is 4.99 Å². The van der Waals surface area contributed by atoms with Crippen LogP contribution in [0.1, 0.15) is 83.1 Å². The first-order valence-electron chi connectivity index (χ1n) is 37.4. The highest BCUT2D eigenvalue weighted by Gasteiger charge is 2.54. The number of aliphatic imine (C=N–C) groups is 3. The van der Waals surface area contributed by atoms with Gasteiger partial charge in [-0.1, -0.05) is 163 Å². The largest absolute Gasteiger partial charge is 0.479 e. The van der Waals surface area contributed by atoms with Gasteiger partial charge in [-0.05, 0) is 157 Å². The molecule has 0 saturated heterocycles. The SMILES string of the molecule is Brc1c(NC2=NCCN2)ccc2c1=N[C+]=CN=2.C[C@H](O)C(=O)O[C@@H](C)C(=O)N1CCN=C1Nc1ccc2nccnc2c1Br.C[C@H](OC(=O)[C@H](C)O[Si](c1ccccc1)(c1ccccc1)C(C)(C)C)C(=O)O.C[C@H](O[Si](c1ccccc1)(c1ccccc1)C(C)(C)C)C(=O)O[C@@H](C)C(=O)N1CCN=C1Nc1ccc2nccnc2c1Br. The van der Waals surface area contributed by atoms with Gasteiger partial charge in [0.25, 0.3) is 33.8 Å². The fourth-order valence-electron chi connectivity index (χ4n) is 13.1. The average Bonchev–Trinajstić information content (AvgIpc) is 0.801. The van der Waals surface area contributed by atoms with Gasteiger partial charge in [0.1, 0.15) is 29.3 Å². The second-order valence-electron chi connectivity index (χ2n) is 29.0. The van der Waals surface area contributed by atoms with Gasteiger partial charge in [-0.25, -0.2) is 19.2 Å². The van der Waals surface area contributed by atoms with Crippen LogP contribution in [-0.4, -0.2) is 186 Å². The maximum atomic E-state index is 13.6. The number of halogens is 3. The van der Waals surface area contributed by atoms with Crippen molar-refractivity contribution in [2.75, 3.05) is 55.2 Å². The molecular weight excluding hydrogens is 1710 g/mol. The third-order valence-corrected chi connectivity index (χ3v) is 31.4. The summed E-state index contributed by atoms with van der Waals surface area (Å²) in [7, 11) is -5.90. The van der Waals surface area contributed by atoms with Crippen molar-refractivity contribution in [2.45, 2.75) is 130 Å². The number of esters is 3. The third kappa shape index (κ3) is 20.7. The van der Waals surface area contributed by atoms with Crippen molar-refractivity contribution < 1.29 is 62.0 Å². The Balaban J connectivity index is 0.000000172. The molecule has 0 bridgehead atoms. The summed E-state index contributed by atoms with van der Waals surface area (Å²) in [5, 5.41) is 36.2. The Kier molecular flexibility index (Phi) is 29.7. The molecule has 6 atom stereocenters. The van der Waals surface area contributed by atoms with Crippen molar-refractivity contribution >= 4 is 178 Å². The number of nitrogens with one attached hydrogen (secondary N) is 4. The molecule has 0 unspecified atom stereocenters. The summed E-state index contributed by atoms with van der Waals surface area (Å²) in [6.45, 7) is 25.0. The number of aliphatic hydroxyl groups excluding tert-OH is 1. The van der Waals surface area contributed by atoms with E-state index in [9.17, 15) is 33.9 Å². The Morgan fingerprint density at radius 1 is 0.483 bits per heavy atom. The van der Waals surface area contributed by atoms with E-state index in [1.807, 2.05) is 133 Å². The van der Waals surface area contributed by atoms with Gasteiger partial charge in [0.15, 0.2) is 40.3 Å². The molecule has 9 aromatic rings. The summed E-state index contributed by atoms with van der Waals surface area (Å²) < 4.78 is 31.5. The van der Waals surface area contributed by atoms with Crippen LogP contribution in [0.3, 0.4) is 0 Å². The quantitative estimate of drug-likeness (QED) is 0.0179. The topological polar surface area (TPSA) is 357 Å². The van der Waals surface area contributed by atoms with E-state index in [4.69, 9.17) is 28.2 Å². The number of anilines is 3. The number of fused-ring (bicyclic) bond motifs is 3. The Labute approximate surface area is 699 Å². The van der Waals surface area contributed by atoms with E-state index in [1.54, 1.807) is 51.8 Å². The molecule has 7 aromatic carbocycles. The van der Waals surface area contributed by atoms with Gasteiger partial charge in [-0.15, -0.1) is 0 Å². The normalized spacial score (nSPS) is 15.2. The lowest BCUT2D eigenvalue weighted by atomic mass is 10.2. The number of amides is 2. The molecule has 0 aliphatic carbocycles. The molecule has 6 N–H and O–H groups in total. The van der Waals surface area contributed by atoms with Gasteiger partial charge in [0.05, 0.1) is 56.7 Å². The molecule has 4 aliphatic rings. The lowest BCUT2D eigenvalue weighted by Crippen LogP contribution is -2.68. The van der Waals surface area contributed by atoms with E-state index in [2.05, 4.69) is 186 Å². The minimum absolute atomic E-state index is 0.289. The van der Waals surface area contributed by atoms with Crippen LogP contribution in [0.4, 0.5) is 17.1 Å². The molecule has 0 saturated carbocycles. The summed E-state index contributed by atoms with van der Waals surface area (Å²) in [5.41, 5.74) is 5.11. The zero-order valence-corrected chi connectivity index (χ0v) is 72.8. The van der Waals surface area contributed by atoms with Crippen LogP contribution in [0, 0.1) is 6.20 Å². The standard InChI is InChI=1S/C33H36BrN5O4Si.C22H28O5Si.C17H18BrN5O4.C11H9BrN5/c1-22(30(40)39-21-20-37-32(39)38-26-16-17-27-29(28(26)34)36-19-18-35-27)42-31(41)23(2)43-44(33(3,4)5,24-12-8-6-9-13-24)25-14-10-7-11-15-25;1-16(20(23)24)26-21(25)17(2)27-28(22(3,4)5,18-12-8-6-9-13-18)19-14-10-7-11-15-19;1-9(24)16(26)27-10(2)15(25)23-8-7-21-17(23)22-11-3-4-12-14(13(11)18)20-6-5-19-12;12-9-7(17-11-15-5-6-16-11)1-2-8-10(9)14-4-3-13-8/h6-19,22-23H,20-21H2,1-5H3,(H,37,38);6-17H,1-5H3,(H,23,24);3-6,9-10,24H,7-8H2,1-2H3,(H,21,22);1-3H,5-6H2,(H2,15,16,17)/q;;;+1/t22-,23-;16-,17-;9-,10-;/m000./s1. The summed E-state index contributed by atoms with van der Waals surface area (Å²) in [6.07, 6.45) is 4.31. The number of nitrogens with zero attached hydrogens (tertiary/aromatic N) is 11. The van der Waals surface area contributed by atoms with Crippen LogP contribution in [0.2, 0.25) is 10.1 Å². The van der Waals surface area contributed by atoms with Gasteiger partial charge in [-0.3, -0.25) is 54.3 Å². The van der Waals surface area contributed by atoms with Crippen LogP contribution in [0.5, 0.6) is 0 Å². The van der Waals surface area contributed by atoms with Crippen LogP contribution in [0.25, 0.3) is 22.1 Å². The van der Waals surface area contributed by atoms with Crippen LogP contribution in [-0.2, 0) is 51.8 Å². The molecule has 2 amide bonds. The van der Waals surface area contributed by atoms with E-state index < -0.39 is 83.0 Å². The number of carbonyl (C=O) groups is 6. The molecule has 4 aliphatic heterocycles. The van der Waals surface area contributed by atoms with E-state index in [1.165, 1.54) is 30.6 Å². The van der Waals surface area contributed by atoms with Crippen molar-refractivity contribution in [1.29, 1.82) is 0 Å². The summed E-state index contributed by atoms with van der Waals surface area (Å²) >= 11 is 10.6. The molecule has 0 spiro atoms. The molecule has 2 aromatic heterocycles.